The molecule has 1 aromatic carbocycles. The fourth-order valence-corrected chi connectivity index (χ4v) is 4.60. The molecule has 4 rings (SSSR count). The second kappa shape index (κ2) is 10.7. The SMILES string of the molecule is CC(C)CC(=O)Nc1ccc(C(=O)CSc2nnc(N3CCCC3)n2Cc2ccco2)cc1. The van der Waals surface area contributed by atoms with Gasteiger partial charge in [-0.3, -0.25) is 14.2 Å². The van der Waals surface area contributed by atoms with Gasteiger partial charge < -0.3 is 14.6 Å². The van der Waals surface area contributed by atoms with Crippen LogP contribution in [0.2, 0.25) is 0 Å². The number of rotatable bonds is 10. The molecular formula is C24H29N5O3S. The first-order chi connectivity index (χ1) is 16.0. The Hall–Kier alpha value is -3.07. The van der Waals surface area contributed by atoms with Gasteiger partial charge in [0, 0.05) is 30.8 Å². The monoisotopic (exact) mass is 467 g/mol. The number of thioether (sulfide) groups is 1. The van der Waals surface area contributed by atoms with Crippen molar-refractivity contribution < 1.29 is 14.0 Å². The Labute approximate surface area is 197 Å². The van der Waals surface area contributed by atoms with Crippen molar-refractivity contribution >= 4 is 35.1 Å². The molecule has 0 aliphatic carbocycles. The van der Waals surface area contributed by atoms with Crippen LogP contribution in [0.4, 0.5) is 11.6 Å². The van der Waals surface area contributed by atoms with Crippen molar-refractivity contribution in [2.24, 2.45) is 5.92 Å². The summed E-state index contributed by atoms with van der Waals surface area (Å²) in [6.07, 6.45) is 4.40. The number of amides is 1. The normalized spacial score (nSPS) is 13.6. The largest absolute Gasteiger partial charge is 0.467 e. The topological polar surface area (TPSA) is 93.3 Å². The standard InChI is InChI=1S/C24H29N5O3S/c1-17(2)14-22(31)25-19-9-7-18(8-10-19)21(30)16-33-24-27-26-23(28-11-3-4-12-28)29(24)15-20-6-5-13-32-20/h5-10,13,17H,3-4,11-12,14-16H2,1-2H3,(H,25,31). The van der Waals surface area contributed by atoms with Gasteiger partial charge in [0.25, 0.3) is 0 Å². The molecule has 3 heterocycles. The highest BCUT2D eigenvalue weighted by atomic mass is 32.2. The highest BCUT2D eigenvalue weighted by Gasteiger charge is 2.22. The second-order valence-electron chi connectivity index (χ2n) is 8.58. The molecule has 1 aliphatic heterocycles. The Morgan fingerprint density at radius 1 is 1.12 bits per heavy atom. The molecule has 0 unspecified atom stereocenters. The van der Waals surface area contributed by atoms with Gasteiger partial charge in [-0.1, -0.05) is 25.6 Å². The number of carbonyl (C=O) groups is 2. The molecule has 1 fully saturated rings. The summed E-state index contributed by atoms with van der Waals surface area (Å²) in [6, 6.07) is 10.8. The first-order valence-corrected chi connectivity index (χ1v) is 12.2. The van der Waals surface area contributed by atoms with Gasteiger partial charge in [0.05, 0.1) is 18.6 Å². The van der Waals surface area contributed by atoms with E-state index >= 15 is 0 Å². The van der Waals surface area contributed by atoms with E-state index in [4.69, 9.17) is 4.42 Å². The Balaban J connectivity index is 1.41. The highest BCUT2D eigenvalue weighted by Crippen LogP contribution is 2.26. The molecule has 0 bridgehead atoms. The minimum absolute atomic E-state index is 0.00433. The minimum atomic E-state index is -0.0238. The number of hydrogen-bond donors (Lipinski definition) is 1. The molecule has 0 spiro atoms. The molecule has 1 amide bonds. The van der Waals surface area contributed by atoms with Crippen molar-refractivity contribution in [1.82, 2.24) is 14.8 Å². The van der Waals surface area contributed by atoms with E-state index < -0.39 is 0 Å². The van der Waals surface area contributed by atoms with Crippen molar-refractivity contribution in [3.8, 4) is 0 Å². The van der Waals surface area contributed by atoms with Crippen LogP contribution in [0.1, 0.15) is 49.2 Å². The maximum absolute atomic E-state index is 12.8. The minimum Gasteiger partial charge on any atom is -0.467 e. The zero-order valence-corrected chi connectivity index (χ0v) is 19.8. The molecular weight excluding hydrogens is 438 g/mol. The van der Waals surface area contributed by atoms with Crippen LogP contribution in [-0.2, 0) is 11.3 Å². The van der Waals surface area contributed by atoms with E-state index in [-0.39, 0.29) is 17.4 Å². The number of anilines is 2. The lowest BCUT2D eigenvalue weighted by Gasteiger charge is -2.17. The average molecular weight is 468 g/mol. The van der Waals surface area contributed by atoms with E-state index in [0.717, 1.165) is 37.6 Å². The number of nitrogens with one attached hydrogen (secondary N) is 1. The van der Waals surface area contributed by atoms with Crippen molar-refractivity contribution in [2.75, 3.05) is 29.1 Å². The summed E-state index contributed by atoms with van der Waals surface area (Å²) in [6.45, 7) is 6.44. The Morgan fingerprint density at radius 2 is 1.88 bits per heavy atom. The van der Waals surface area contributed by atoms with Gasteiger partial charge in [0.1, 0.15) is 5.76 Å². The number of Topliss-reactive ketones (excluding diaryl/α,β-unsaturated/α-hetero) is 1. The van der Waals surface area contributed by atoms with E-state index in [2.05, 4.69) is 20.4 Å². The van der Waals surface area contributed by atoms with Gasteiger partial charge in [-0.25, -0.2) is 0 Å². The van der Waals surface area contributed by atoms with Gasteiger partial charge in [-0.15, -0.1) is 10.2 Å². The zero-order valence-electron chi connectivity index (χ0n) is 19.0. The molecule has 8 nitrogen and oxygen atoms in total. The van der Waals surface area contributed by atoms with E-state index in [1.54, 1.807) is 30.5 Å². The van der Waals surface area contributed by atoms with Gasteiger partial charge in [0.2, 0.25) is 11.9 Å². The quantitative estimate of drug-likeness (QED) is 0.347. The van der Waals surface area contributed by atoms with Crippen LogP contribution in [0.15, 0.2) is 52.2 Å². The summed E-state index contributed by atoms with van der Waals surface area (Å²) in [5, 5.41) is 12.3. The van der Waals surface area contributed by atoms with Crippen LogP contribution in [-0.4, -0.2) is 45.3 Å². The van der Waals surface area contributed by atoms with Crippen molar-refractivity contribution in [3.05, 3.63) is 54.0 Å². The second-order valence-corrected chi connectivity index (χ2v) is 9.52. The van der Waals surface area contributed by atoms with E-state index in [9.17, 15) is 9.59 Å². The molecule has 33 heavy (non-hydrogen) atoms. The molecule has 1 N–H and O–H groups in total. The molecule has 174 valence electrons. The van der Waals surface area contributed by atoms with Crippen LogP contribution >= 0.6 is 11.8 Å². The molecule has 2 aromatic heterocycles. The van der Waals surface area contributed by atoms with Crippen LogP contribution < -0.4 is 10.2 Å². The van der Waals surface area contributed by atoms with Gasteiger partial charge in [0.15, 0.2) is 10.9 Å². The van der Waals surface area contributed by atoms with Crippen molar-refractivity contribution in [2.45, 2.75) is 44.8 Å². The molecule has 0 radical (unpaired) electrons. The third-order valence-corrected chi connectivity index (χ3v) is 6.36. The Bertz CT molecular complexity index is 1070. The lowest BCUT2D eigenvalue weighted by molar-refractivity contribution is -0.116. The number of benzene rings is 1. The third-order valence-electron chi connectivity index (χ3n) is 5.40. The number of aromatic nitrogens is 3. The summed E-state index contributed by atoms with van der Waals surface area (Å²) in [7, 11) is 0. The van der Waals surface area contributed by atoms with Crippen LogP contribution in [0, 0.1) is 5.92 Å². The summed E-state index contributed by atoms with van der Waals surface area (Å²) >= 11 is 1.37. The highest BCUT2D eigenvalue weighted by molar-refractivity contribution is 7.99. The smallest absolute Gasteiger partial charge is 0.228 e. The molecule has 9 heteroatoms. The maximum Gasteiger partial charge on any atom is 0.228 e. The fraction of sp³-hybridized carbons (Fsp3) is 0.417. The molecule has 1 saturated heterocycles. The van der Waals surface area contributed by atoms with Crippen LogP contribution in [0.25, 0.3) is 0 Å². The first-order valence-electron chi connectivity index (χ1n) is 11.3. The maximum atomic E-state index is 12.8. The van der Waals surface area contributed by atoms with Crippen LogP contribution in [0.5, 0.6) is 0 Å². The lowest BCUT2D eigenvalue weighted by atomic mass is 10.1. The van der Waals surface area contributed by atoms with E-state index in [1.165, 1.54) is 11.8 Å². The van der Waals surface area contributed by atoms with E-state index in [1.807, 2.05) is 30.5 Å². The number of furan rings is 1. The van der Waals surface area contributed by atoms with Crippen molar-refractivity contribution in [1.29, 1.82) is 0 Å². The van der Waals surface area contributed by atoms with Gasteiger partial charge in [-0.2, -0.15) is 0 Å². The molecule has 3 aromatic rings. The molecule has 0 atom stereocenters. The Morgan fingerprint density at radius 3 is 2.55 bits per heavy atom. The number of nitrogens with zero attached hydrogens (tertiary/aromatic N) is 4. The predicted molar refractivity (Wildman–Crippen MR) is 129 cm³/mol. The molecule has 0 saturated carbocycles. The van der Waals surface area contributed by atoms with Crippen LogP contribution in [0.3, 0.4) is 0 Å². The summed E-state index contributed by atoms with van der Waals surface area (Å²) in [5.74, 6) is 2.15. The number of hydrogen-bond acceptors (Lipinski definition) is 7. The van der Waals surface area contributed by atoms with Crippen molar-refractivity contribution in [3.63, 3.8) is 0 Å². The third kappa shape index (κ3) is 6.04. The fourth-order valence-electron chi connectivity index (χ4n) is 3.77. The van der Waals surface area contributed by atoms with E-state index in [0.29, 0.717) is 35.3 Å². The zero-order chi connectivity index (χ0) is 23.2. The number of carbonyl (C=O) groups excluding carboxylic acids is 2. The Kier molecular flexibility index (Phi) is 7.49. The van der Waals surface area contributed by atoms with Gasteiger partial charge in [-0.05, 0) is 55.2 Å². The average Bonchev–Trinajstić information content (AvgIpc) is 3.55. The first kappa shape index (κ1) is 23.1. The van der Waals surface area contributed by atoms with Gasteiger partial charge >= 0.3 is 0 Å². The summed E-state index contributed by atoms with van der Waals surface area (Å²) in [4.78, 5) is 27.0. The lowest BCUT2D eigenvalue weighted by Crippen LogP contribution is -2.22. The summed E-state index contributed by atoms with van der Waals surface area (Å²) in [5.41, 5.74) is 1.29. The summed E-state index contributed by atoms with van der Waals surface area (Å²) < 4.78 is 7.56. The number of ketones is 1. The predicted octanol–water partition coefficient (Wildman–Crippen LogP) is 4.48. The molecule has 1 aliphatic rings.